The molecule has 2 heterocycles. The molecule has 0 unspecified atom stereocenters. The molecule has 0 atom stereocenters. The van der Waals surface area contributed by atoms with Crippen LogP contribution in [-0.2, 0) is 13.0 Å². The van der Waals surface area contributed by atoms with Crippen LogP contribution in [0.1, 0.15) is 17.4 Å². The number of aryl methyl sites for hydroxylation is 1. The third-order valence-electron chi connectivity index (χ3n) is 4.29. The summed E-state index contributed by atoms with van der Waals surface area (Å²) in [6, 6.07) is 17.7. The van der Waals surface area contributed by atoms with Gasteiger partial charge in [0.2, 0.25) is 0 Å². The molecule has 0 saturated carbocycles. The van der Waals surface area contributed by atoms with Crippen LogP contribution in [0, 0.1) is 0 Å². The minimum absolute atomic E-state index is 0.563. The predicted octanol–water partition coefficient (Wildman–Crippen LogP) is 6.84. The van der Waals surface area contributed by atoms with E-state index in [4.69, 9.17) is 33.2 Å². The Hall–Kier alpha value is -2.14. The van der Waals surface area contributed by atoms with E-state index in [0.717, 1.165) is 39.4 Å². The van der Waals surface area contributed by atoms with Crippen LogP contribution in [0.15, 0.2) is 54.6 Å². The molecule has 0 bridgehead atoms. The molecule has 0 aliphatic carbocycles. The molecule has 4 rings (SSSR count). The van der Waals surface area contributed by atoms with E-state index >= 15 is 0 Å². The molecule has 136 valence electrons. The molecule has 1 N–H and O–H groups in total. The molecule has 0 aliphatic rings. The van der Waals surface area contributed by atoms with Crippen molar-refractivity contribution in [1.82, 2.24) is 9.97 Å². The summed E-state index contributed by atoms with van der Waals surface area (Å²) in [7, 11) is 0. The van der Waals surface area contributed by atoms with Gasteiger partial charge in [-0.15, -0.1) is 11.3 Å². The van der Waals surface area contributed by atoms with Gasteiger partial charge in [-0.3, -0.25) is 0 Å². The number of aromatic nitrogens is 2. The fourth-order valence-electron chi connectivity index (χ4n) is 2.84. The van der Waals surface area contributed by atoms with Gasteiger partial charge in [-0.05, 0) is 30.2 Å². The maximum Gasteiger partial charge on any atom is 0.163 e. The second kappa shape index (κ2) is 7.85. The first-order chi connectivity index (χ1) is 13.1. The highest BCUT2D eigenvalue weighted by Crippen LogP contribution is 2.32. The maximum atomic E-state index is 6.31. The van der Waals surface area contributed by atoms with Crippen LogP contribution in [0.3, 0.4) is 0 Å². The zero-order chi connectivity index (χ0) is 18.8. The van der Waals surface area contributed by atoms with Crippen molar-refractivity contribution in [1.29, 1.82) is 0 Å². The molecule has 27 heavy (non-hydrogen) atoms. The summed E-state index contributed by atoms with van der Waals surface area (Å²) in [6.45, 7) is 2.71. The number of rotatable bonds is 5. The van der Waals surface area contributed by atoms with Crippen LogP contribution in [0.25, 0.3) is 21.6 Å². The Morgan fingerprint density at radius 3 is 2.56 bits per heavy atom. The first-order valence-electron chi connectivity index (χ1n) is 8.67. The van der Waals surface area contributed by atoms with Crippen LogP contribution in [0.5, 0.6) is 0 Å². The van der Waals surface area contributed by atoms with Gasteiger partial charge in [-0.25, -0.2) is 9.97 Å². The van der Waals surface area contributed by atoms with Gasteiger partial charge in [0.15, 0.2) is 5.82 Å². The Kier molecular flexibility index (Phi) is 5.30. The molecule has 0 amide bonds. The standard InChI is InChI=1S/C21H17Cl2N3S/c1-2-16-11-17-20(24-12-14-8-9-15(22)10-18(14)23)25-19(26-21(17)27-16)13-6-4-3-5-7-13/h3-11H,2,12H2,1H3,(H,24,25,26). The lowest BCUT2D eigenvalue weighted by Crippen LogP contribution is -2.04. The topological polar surface area (TPSA) is 37.8 Å². The van der Waals surface area contributed by atoms with E-state index < -0.39 is 0 Å². The van der Waals surface area contributed by atoms with Crippen LogP contribution in [0.2, 0.25) is 10.0 Å². The Bertz CT molecular complexity index is 1090. The van der Waals surface area contributed by atoms with Gasteiger partial charge in [-0.1, -0.05) is 66.5 Å². The highest BCUT2D eigenvalue weighted by atomic mass is 35.5. The number of halogens is 2. The Labute approximate surface area is 172 Å². The van der Waals surface area contributed by atoms with Crippen LogP contribution in [-0.4, -0.2) is 9.97 Å². The average molecular weight is 414 g/mol. The summed E-state index contributed by atoms with van der Waals surface area (Å²) < 4.78 is 0. The highest BCUT2D eigenvalue weighted by Gasteiger charge is 2.13. The van der Waals surface area contributed by atoms with Gasteiger partial charge in [0.25, 0.3) is 0 Å². The van der Waals surface area contributed by atoms with E-state index in [1.54, 1.807) is 17.4 Å². The van der Waals surface area contributed by atoms with Gasteiger partial charge < -0.3 is 5.32 Å². The number of fused-ring (bicyclic) bond motifs is 1. The van der Waals surface area contributed by atoms with Crippen molar-refractivity contribution in [2.24, 2.45) is 0 Å². The second-order valence-electron chi connectivity index (χ2n) is 6.14. The fraction of sp³-hybridized carbons (Fsp3) is 0.143. The summed E-state index contributed by atoms with van der Waals surface area (Å²) in [5.74, 6) is 1.54. The van der Waals surface area contributed by atoms with Gasteiger partial charge in [0.05, 0.1) is 5.39 Å². The lowest BCUT2D eigenvalue weighted by atomic mass is 10.2. The van der Waals surface area contributed by atoms with Crippen molar-refractivity contribution in [3.8, 4) is 11.4 Å². The maximum absolute atomic E-state index is 6.31. The van der Waals surface area contributed by atoms with E-state index in [9.17, 15) is 0 Å². The van der Waals surface area contributed by atoms with Crippen LogP contribution < -0.4 is 5.32 Å². The summed E-state index contributed by atoms with van der Waals surface area (Å²) in [6.07, 6.45) is 0.976. The number of anilines is 1. The molecule has 0 spiro atoms. The lowest BCUT2D eigenvalue weighted by molar-refractivity contribution is 1.11. The van der Waals surface area contributed by atoms with Crippen LogP contribution in [0.4, 0.5) is 5.82 Å². The smallest absolute Gasteiger partial charge is 0.163 e. The number of hydrogen-bond donors (Lipinski definition) is 1. The van der Waals surface area contributed by atoms with Gasteiger partial charge >= 0.3 is 0 Å². The zero-order valence-electron chi connectivity index (χ0n) is 14.7. The van der Waals surface area contributed by atoms with Crippen molar-refractivity contribution in [3.63, 3.8) is 0 Å². The molecule has 3 nitrogen and oxygen atoms in total. The molecule has 6 heteroatoms. The summed E-state index contributed by atoms with van der Waals surface area (Å²) in [5.41, 5.74) is 1.97. The fourth-order valence-corrected chi connectivity index (χ4v) is 4.28. The third kappa shape index (κ3) is 3.93. The lowest BCUT2D eigenvalue weighted by Gasteiger charge is -2.10. The SMILES string of the molecule is CCc1cc2c(NCc3ccc(Cl)cc3Cl)nc(-c3ccccc3)nc2s1. The molecule has 4 aromatic rings. The monoisotopic (exact) mass is 413 g/mol. The minimum atomic E-state index is 0.563. The van der Waals surface area contributed by atoms with Crippen molar-refractivity contribution in [2.45, 2.75) is 19.9 Å². The molecular formula is C21H17Cl2N3S. The van der Waals surface area contributed by atoms with E-state index in [-0.39, 0.29) is 0 Å². The van der Waals surface area contributed by atoms with E-state index in [2.05, 4.69) is 18.3 Å². The highest BCUT2D eigenvalue weighted by molar-refractivity contribution is 7.18. The zero-order valence-corrected chi connectivity index (χ0v) is 17.0. The van der Waals surface area contributed by atoms with Crippen LogP contribution >= 0.6 is 34.5 Å². The first-order valence-corrected chi connectivity index (χ1v) is 10.2. The minimum Gasteiger partial charge on any atom is -0.365 e. The quantitative estimate of drug-likeness (QED) is 0.389. The molecule has 0 fully saturated rings. The third-order valence-corrected chi connectivity index (χ3v) is 6.05. The second-order valence-corrected chi connectivity index (χ2v) is 8.10. The molecule has 0 aliphatic heterocycles. The van der Waals surface area contributed by atoms with Crippen molar-refractivity contribution < 1.29 is 0 Å². The molecule has 2 aromatic heterocycles. The Morgan fingerprint density at radius 1 is 1.00 bits per heavy atom. The first kappa shape index (κ1) is 18.2. The number of thiophene rings is 1. The number of nitrogens with one attached hydrogen (secondary N) is 1. The number of nitrogens with zero attached hydrogens (tertiary/aromatic N) is 2. The summed E-state index contributed by atoms with van der Waals surface area (Å²) in [4.78, 5) is 11.9. The van der Waals surface area contributed by atoms with Crippen molar-refractivity contribution in [2.75, 3.05) is 5.32 Å². The normalized spacial score (nSPS) is 11.1. The molecule has 2 aromatic carbocycles. The van der Waals surface area contributed by atoms with Gasteiger partial charge in [0, 0.05) is 27.0 Å². The van der Waals surface area contributed by atoms with Crippen molar-refractivity contribution in [3.05, 3.63) is 75.1 Å². The van der Waals surface area contributed by atoms with Gasteiger partial charge in [0.1, 0.15) is 10.6 Å². The molecular weight excluding hydrogens is 397 g/mol. The predicted molar refractivity (Wildman–Crippen MR) is 116 cm³/mol. The molecule has 0 radical (unpaired) electrons. The average Bonchev–Trinajstić information content (AvgIpc) is 3.11. The molecule has 0 saturated heterocycles. The van der Waals surface area contributed by atoms with Crippen molar-refractivity contribution >= 4 is 50.6 Å². The summed E-state index contributed by atoms with van der Waals surface area (Å²) >= 11 is 14.0. The Balaban J connectivity index is 1.74. The number of benzene rings is 2. The van der Waals surface area contributed by atoms with E-state index in [0.29, 0.717) is 16.6 Å². The largest absolute Gasteiger partial charge is 0.365 e. The van der Waals surface area contributed by atoms with Gasteiger partial charge in [-0.2, -0.15) is 0 Å². The summed E-state index contributed by atoms with van der Waals surface area (Å²) in [5, 5.41) is 5.75. The van der Waals surface area contributed by atoms with E-state index in [1.165, 1.54) is 4.88 Å². The van der Waals surface area contributed by atoms with E-state index in [1.807, 2.05) is 42.5 Å². The number of hydrogen-bond acceptors (Lipinski definition) is 4. The Morgan fingerprint density at radius 2 is 1.81 bits per heavy atom.